The largest absolute Gasteiger partial charge is 0.440 e. The molecule has 1 atom stereocenters. The topological polar surface area (TPSA) is 75.4 Å². The predicted molar refractivity (Wildman–Crippen MR) is 96.7 cm³/mol. The first kappa shape index (κ1) is 15.9. The van der Waals surface area contributed by atoms with Gasteiger partial charge in [-0.25, -0.2) is 4.98 Å². The van der Waals surface area contributed by atoms with Crippen LogP contribution >= 0.6 is 0 Å². The van der Waals surface area contributed by atoms with Gasteiger partial charge in [-0.2, -0.15) is 0 Å². The maximum absolute atomic E-state index is 12.6. The minimum Gasteiger partial charge on any atom is -0.440 e. The third-order valence-corrected chi connectivity index (χ3v) is 5.89. The lowest BCUT2D eigenvalue weighted by molar-refractivity contribution is -0.129. The van der Waals surface area contributed by atoms with Gasteiger partial charge in [0.2, 0.25) is 11.8 Å². The van der Waals surface area contributed by atoms with E-state index in [4.69, 9.17) is 4.42 Å². The number of hydrogen-bond donors (Lipinski definition) is 1. The molecule has 2 aromatic rings. The molecule has 0 unspecified atom stereocenters. The number of fused-ring (bicyclic) bond motifs is 1. The number of carbonyl (C=O) groups is 2. The Morgan fingerprint density at radius 3 is 2.77 bits per heavy atom. The summed E-state index contributed by atoms with van der Waals surface area (Å²) in [6.07, 6.45) is 7.13. The first-order valence-electron chi connectivity index (χ1n) is 9.68. The number of carbonyl (C=O) groups excluding carboxylic acids is 2. The van der Waals surface area contributed by atoms with Crippen molar-refractivity contribution in [3.63, 3.8) is 0 Å². The second-order valence-corrected chi connectivity index (χ2v) is 7.88. The van der Waals surface area contributed by atoms with E-state index in [1.165, 1.54) is 12.8 Å². The first-order chi connectivity index (χ1) is 12.7. The van der Waals surface area contributed by atoms with Crippen LogP contribution in [0.25, 0.3) is 11.1 Å². The van der Waals surface area contributed by atoms with Crippen LogP contribution in [0.2, 0.25) is 0 Å². The van der Waals surface area contributed by atoms with E-state index < -0.39 is 0 Å². The Morgan fingerprint density at radius 1 is 1.19 bits per heavy atom. The lowest BCUT2D eigenvalue weighted by Crippen LogP contribution is -2.35. The molecule has 1 aromatic heterocycles. The van der Waals surface area contributed by atoms with Gasteiger partial charge in [0.1, 0.15) is 5.52 Å². The molecule has 3 aliphatic rings. The average Bonchev–Trinajstić information content (AvgIpc) is 3.04. The molecule has 0 bridgehead atoms. The van der Waals surface area contributed by atoms with Crippen molar-refractivity contribution in [1.29, 1.82) is 0 Å². The Kier molecular flexibility index (Phi) is 3.72. The molecule has 1 aliphatic heterocycles. The third kappa shape index (κ3) is 2.87. The van der Waals surface area contributed by atoms with Gasteiger partial charge in [-0.3, -0.25) is 9.59 Å². The molecule has 1 aromatic carbocycles. The van der Waals surface area contributed by atoms with Crippen molar-refractivity contribution in [3.05, 3.63) is 24.1 Å². The van der Waals surface area contributed by atoms with E-state index in [-0.39, 0.29) is 17.7 Å². The molecule has 1 saturated heterocycles. The molecule has 26 heavy (non-hydrogen) atoms. The van der Waals surface area contributed by atoms with Gasteiger partial charge in [-0.15, -0.1) is 0 Å². The van der Waals surface area contributed by atoms with Crippen LogP contribution in [0, 0.1) is 5.92 Å². The summed E-state index contributed by atoms with van der Waals surface area (Å²) in [7, 11) is 0. The summed E-state index contributed by atoms with van der Waals surface area (Å²) in [4.78, 5) is 31.4. The van der Waals surface area contributed by atoms with Crippen LogP contribution in [0.3, 0.4) is 0 Å². The summed E-state index contributed by atoms with van der Waals surface area (Å²) in [5.74, 6) is 1.05. The summed E-state index contributed by atoms with van der Waals surface area (Å²) in [6.45, 7) is 0.549. The maximum atomic E-state index is 12.6. The molecule has 136 valence electrons. The van der Waals surface area contributed by atoms with Gasteiger partial charge in [0.15, 0.2) is 11.5 Å². The molecule has 6 nitrogen and oxygen atoms in total. The lowest BCUT2D eigenvalue weighted by atomic mass is 10.1. The van der Waals surface area contributed by atoms with E-state index in [0.29, 0.717) is 30.6 Å². The summed E-state index contributed by atoms with van der Waals surface area (Å²) in [6, 6.07) is 5.89. The molecule has 2 saturated carbocycles. The smallest absolute Gasteiger partial charge is 0.229 e. The number of nitrogens with one attached hydrogen (secondary N) is 1. The van der Waals surface area contributed by atoms with Crippen molar-refractivity contribution >= 4 is 28.6 Å². The van der Waals surface area contributed by atoms with Crippen LogP contribution in [0.5, 0.6) is 0 Å². The van der Waals surface area contributed by atoms with Crippen LogP contribution in [-0.4, -0.2) is 34.3 Å². The number of hydrogen-bond acceptors (Lipinski definition) is 4. The minimum atomic E-state index is -0.266. The number of anilines is 1. The highest BCUT2D eigenvalue weighted by molar-refractivity contribution is 5.98. The van der Waals surface area contributed by atoms with Gasteiger partial charge in [0.05, 0.1) is 5.92 Å². The van der Waals surface area contributed by atoms with Crippen molar-refractivity contribution in [3.8, 4) is 0 Å². The van der Waals surface area contributed by atoms with Gasteiger partial charge < -0.3 is 14.6 Å². The highest BCUT2D eigenvalue weighted by Gasteiger charge is 2.38. The molecule has 2 amide bonds. The molecular formula is C20H23N3O3. The predicted octanol–water partition coefficient (Wildman–Crippen LogP) is 3.43. The maximum Gasteiger partial charge on any atom is 0.229 e. The number of amides is 2. The number of likely N-dealkylation sites (tertiary alicyclic amines) is 1. The molecule has 2 aliphatic carbocycles. The van der Waals surface area contributed by atoms with Crippen molar-refractivity contribution in [2.45, 2.75) is 56.9 Å². The second-order valence-electron chi connectivity index (χ2n) is 7.88. The zero-order valence-electron chi connectivity index (χ0n) is 14.7. The first-order valence-corrected chi connectivity index (χ1v) is 9.68. The van der Waals surface area contributed by atoms with Crippen molar-refractivity contribution in [2.75, 3.05) is 11.9 Å². The SMILES string of the molecule is O=C(Nc1ccc2oc(C3CC3)nc2c1)[C@@H]1CC(=O)N(C2CCCC2)C1. The summed E-state index contributed by atoms with van der Waals surface area (Å²) in [5, 5.41) is 2.96. The van der Waals surface area contributed by atoms with Gasteiger partial charge in [0.25, 0.3) is 0 Å². The third-order valence-electron chi connectivity index (χ3n) is 5.89. The quantitative estimate of drug-likeness (QED) is 0.914. The van der Waals surface area contributed by atoms with E-state index in [2.05, 4.69) is 10.3 Å². The fraction of sp³-hybridized carbons (Fsp3) is 0.550. The van der Waals surface area contributed by atoms with Crippen LogP contribution in [0.4, 0.5) is 5.69 Å². The van der Waals surface area contributed by atoms with Crippen LogP contribution in [-0.2, 0) is 9.59 Å². The standard InChI is InChI=1S/C20H23N3O3/c24-18-9-13(11-23(18)15-3-1-2-4-15)19(25)21-14-7-8-17-16(10-14)22-20(26-17)12-5-6-12/h7-8,10,12-13,15H,1-6,9,11H2,(H,21,25)/t13-/m1/s1. The van der Waals surface area contributed by atoms with Crippen LogP contribution in [0.1, 0.15) is 56.8 Å². The molecule has 5 rings (SSSR count). The van der Waals surface area contributed by atoms with Crippen molar-refractivity contribution in [1.82, 2.24) is 9.88 Å². The average molecular weight is 353 g/mol. The normalized spacial score (nSPS) is 23.9. The number of nitrogens with zero attached hydrogens (tertiary/aromatic N) is 2. The van der Waals surface area contributed by atoms with Crippen LogP contribution < -0.4 is 5.32 Å². The highest BCUT2D eigenvalue weighted by atomic mass is 16.3. The Balaban J connectivity index is 1.27. The Morgan fingerprint density at radius 2 is 2.00 bits per heavy atom. The van der Waals surface area contributed by atoms with Crippen molar-refractivity contribution < 1.29 is 14.0 Å². The Labute approximate surface area is 151 Å². The minimum absolute atomic E-state index is 0.0795. The fourth-order valence-electron chi connectivity index (χ4n) is 4.25. The molecule has 0 radical (unpaired) electrons. The molecular weight excluding hydrogens is 330 g/mol. The summed E-state index contributed by atoms with van der Waals surface area (Å²) >= 11 is 0. The number of rotatable bonds is 4. The molecule has 2 heterocycles. The fourth-order valence-corrected chi connectivity index (χ4v) is 4.25. The summed E-state index contributed by atoms with van der Waals surface area (Å²) in [5.41, 5.74) is 2.25. The zero-order chi connectivity index (χ0) is 17.7. The van der Waals surface area contributed by atoms with E-state index in [9.17, 15) is 9.59 Å². The highest BCUT2D eigenvalue weighted by Crippen LogP contribution is 2.40. The number of benzene rings is 1. The molecule has 6 heteroatoms. The molecule has 1 N–H and O–H groups in total. The van der Waals surface area contributed by atoms with E-state index in [1.807, 2.05) is 23.1 Å². The van der Waals surface area contributed by atoms with Gasteiger partial charge in [-0.1, -0.05) is 12.8 Å². The zero-order valence-corrected chi connectivity index (χ0v) is 14.7. The van der Waals surface area contributed by atoms with E-state index >= 15 is 0 Å². The molecule has 0 spiro atoms. The van der Waals surface area contributed by atoms with Gasteiger partial charge in [-0.05, 0) is 43.9 Å². The number of oxazole rings is 1. The number of aromatic nitrogens is 1. The van der Waals surface area contributed by atoms with E-state index in [0.717, 1.165) is 42.7 Å². The van der Waals surface area contributed by atoms with E-state index in [1.54, 1.807) is 0 Å². The lowest BCUT2D eigenvalue weighted by Gasteiger charge is -2.23. The molecule has 3 fully saturated rings. The van der Waals surface area contributed by atoms with Crippen molar-refractivity contribution in [2.24, 2.45) is 5.92 Å². The van der Waals surface area contributed by atoms with Gasteiger partial charge in [0, 0.05) is 30.6 Å². The monoisotopic (exact) mass is 353 g/mol. The summed E-state index contributed by atoms with van der Waals surface area (Å²) < 4.78 is 5.76. The second kappa shape index (κ2) is 6.11. The van der Waals surface area contributed by atoms with Gasteiger partial charge >= 0.3 is 0 Å². The Hall–Kier alpha value is -2.37. The van der Waals surface area contributed by atoms with Crippen LogP contribution in [0.15, 0.2) is 22.6 Å². The Bertz CT molecular complexity index is 864.